The molecule has 2 N–H and O–H groups in total. The van der Waals surface area contributed by atoms with Crippen LogP contribution in [0.2, 0.25) is 0 Å². The first-order valence-corrected chi connectivity index (χ1v) is 10.4. The highest BCUT2D eigenvalue weighted by atomic mass is 16.5. The highest BCUT2D eigenvalue weighted by molar-refractivity contribution is 5.81. The molecule has 1 aromatic carbocycles. The Morgan fingerprint density at radius 1 is 1.23 bits per heavy atom. The molecule has 4 atom stereocenters. The van der Waals surface area contributed by atoms with E-state index in [4.69, 9.17) is 10.5 Å². The lowest BCUT2D eigenvalue weighted by Gasteiger charge is -2.36. The SMILES string of the molecule is CC(C)[C@@H]1CC[C@@H](C)C[C@H]1C(=O)CCC(OCCCN)c1ccccc1. The molecule has 3 nitrogen and oxygen atoms in total. The van der Waals surface area contributed by atoms with E-state index in [9.17, 15) is 4.79 Å². The summed E-state index contributed by atoms with van der Waals surface area (Å²) >= 11 is 0. The van der Waals surface area contributed by atoms with Gasteiger partial charge < -0.3 is 10.5 Å². The lowest BCUT2D eigenvalue weighted by Crippen LogP contribution is -2.33. The van der Waals surface area contributed by atoms with Gasteiger partial charge in [-0.2, -0.15) is 0 Å². The van der Waals surface area contributed by atoms with E-state index in [2.05, 4.69) is 32.9 Å². The number of ketones is 1. The molecule has 26 heavy (non-hydrogen) atoms. The Hall–Kier alpha value is -1.19. The summed E-state index contributed by atoms with van der Waals surface area (Å²) < 4.78 is 6.07. The van der Waals surface area contributed by atoms with E-state index in [1.807, 2.05) is 18.2 Å². The summed E-state index contributed by atoms with van der Waals surface area (Å²) in [6, 6.07) is 10.3. The zero-order chi connectivity index (χ0) is 18.9. The second kappa shape index (κ2) is 10.8. The van der Waals surface area contributed by atoms with Gasteiger partial charge in [0, 0.05) is 18.9 Å². The van der Waals surface area contributed by atoms with Crippen molar-refractivity contribution in [1.82, 2.24) is 0 Å². The quantitative estimate of drug-likeness (QED) is 0.588. The van der Waals surface area contributed by atoms with E-state index in [1.54, 1.807) is 0 Å². The molecule has 0 radical (unpaired) electrons. The van der Waals surface area contributed by atoms with Crippen LogP contribution in [0.15, 0.2) is 30.3 Å². The molecule has 3 heteroatoms. The van der Waals surface area contributed by atoms with Gasteiger partial charge in [0.1, 0.15) is 5.78 Å². The monoisotopic (exact) mass is 359 g/mol. The van der Waals surface area contributed by atoms with Crippen LogP contribution < -0.4 is 5.73 Å². The van der Waals surface area contributed by atoms with Gasteiger partial charge in [-0.05, 0) is 55.5 Å². The van der Waals surface area contributed by atoms with E-state index >= 15 is 0 Å². The molecule has 2 rings (SSSR count). The number of hydrogen-bond acceptors (Lipinski definition) is 3. The Morgan fingerprint density at radius 2 is 1.96 bits per heavy atom. The maximum Gasteiger partial charge on any atom is 0.136 e. The molecule has 1 fully saturated rings. The van der Waals surface area contributed by atoms with Crippen LogP contribution in [0.25, 0.3) is 0 Å². The van der Waals surface area contributed by atoms with Crippen LogP contribution in [-0.4, -0.2) is 18.9 Å². The Labute approximate surface area is 159 Å². The fourth-order valence-corrected chi connectivity index (χ4v) is 4.35. The van der Waals surface area contributed by atoms with Crippen molar-refractivity contribution < 1.29 is 9.53 Å². The van der Waals surface area contributed by atoms with Gasteiger partial charge in [-0.1, -0.05) is 57.5 Å². The van der Waals surface area contributed by atoms with Crippen molar-refractivity contribution in [3.05, 3.63) is 35.9 Å². The van der Waals surface area contributed by atoms with Crippen molar-refractivity contribution >= 4 is 5.78 Å². The summed E-state index contributed by atoms with van der Waals surface area (Å²) in [5.74, 6) is 2.48. The van der Waals surface area contributed by atoms with Crippen molar-refractivity contribution in [3.8, 4) is 0 Å². The smallest absolute Gasteiger partial charge is 0.136 e. The van der Waals surface area contributed by atoms with Crippen molar-refractivity contribution in [2.45, 2.75) is 65.4 Å². The van der Waals surface area contributed by atoms with Gasteiger partial charge in [0.25, 0.3) is 0 Å². The Bertz CT molecular complexity index is 528. The van der Waals surface area contributed by atoms with E-state index in [1.165, 1.54) is 12.8 Å². The largest absolute Gasteiger partial charge is 0.373 e. The number of nitrogens with two attached hydrogens (primary N) is 1. The molecule has 0 amide bonds. The number of rotatable bonds is 10. The minimum Gasteiger partial charge on any atom is -0.373 e. The van der Waals surface area contributed by atoms with Gasteiger partial charge in [0.2, 0.25) is 0 Å². The molecule has 146 valence electrons. The lowest BCUT2D eigenvalue weighted by molar-refractivity contribution is -0.127. The minimum atomic E-state index is -0.00906. The predicted molar refractivity (Wildman–Crippen MR) is 108 cm³/mol. The molecule has 0 bridgehead atoms. The standard InChI is InChI=1S/C23H37NO2/c1-17(2)20-11-10-18(3)16-21(20)22(25)12-13-23(26-15-7-14-24)19-8-5-4-6-9-19/h4-6,8-9,17-18,20-21,23H,7,10-16,24H2,1-3H3/t18-,20+,21-,23?/m1/s1. The normalized spacial score (nSPS) is 24.6. The summed E-state index contributed by atoms with van der Waals surface area (Å²) in [4.78, 5) is 13.0. The van der Waals surface area contributed by atoms with E-state index in [0.717, 1.165) is 24.8 Å². The molecule has 0 aliphatic heterocycles. The summed E-state index contributed by atoms with van der Waals surface area (Å²) in [5, 5.41) is 0. The van der Waals surface area contributed by atoms with Crippen LogP contribution >= 0.6 is 0 Å². The number of hydrogen-bond donors (Lipinski definition) is 1. The van der Waals surface area contributed by atoms with Gasteiger partial charge >= 0.3 is 0 Å². The first kappa shape index (κ1) is 21.1. The van der Waals surface area contributed by atoms with E-state index < -0.39 is 0 Å². The number of benzene rings is 1. The molecule has 0 saturated heterocycles. The number of ether oxygens (including phenoxy) is 1. The van der Waals surface area contributed by atoms with Crippen LogP contribution in [-0.2, 0) is 9.53 Å². The summed E-state index contributed by atoms with van der Waals surface area (Å²) in [6.07, 6.45) is 5.75. The fourth-order valence-electron chi connectivity index (χ4n) is 4.35. The topological polar surface area (TPSA) is 52.3 Å². The van der Waals surface area contributed by atoms with Crippen molar-refractivity contribution in [1.29, 1.82) is 0 Å². The molecule has 1 aliphatic carbocycles. The molecule has 1 aromatic rings. The third-order valence-corrected chi connectivity index (χ3v) is 5.93. The molecule has 1 unspecified atom stereocenters. The highest BCUT2D eigenvalue weighted by Crippen LogP contribution is 2.39. The Kier molecular flexibility index (Phi) is 8.80. The van der Waals surface area contributed by atoms with Gasteiger partial charge in [-0.3, -0.25) is 4.79 Å². The first-order valence-electron chi connectivity index (χ1n) is 10.4. The Morgan fingerprint density at radius 3 is 2.62 bits per heavy atom. The zero-order valence-electron chi connectivity index (χ0n) is 16.8. The molecule has 0 aromatic heterocycles. The Balaban J connectivity index is 1.98. The van der Waals surface area contributed by atoms with E-state index in [0.29, 0.717) is 43.1 Å². The second-order valence-electron chi connectivity index (χ2n) is 8.35. The molecule has 0 heterocycles. The number of carbonyl (C=O) groups is 1. The fraction of sp³-hybridized carbons (Fsp3) is 0.696. The average molecular weight is 360 g/mol. The lowest BCUT2D eigenvalue weighted by atomic mass is 9.68. The maximum atomic E-state index is 13.0. The zero-order valence-corrected chi connectivity index (χ0v) is 16.8. The number of Topliss-reactive ketones (excluding diaryl/α,β-unsaturated/α-hetero) is 1. The minimum absolute atomic E-state index is 0.00906. The van der Waals surface area contributed by atoms with Crippen molar-refractivity contribution in [2.24, 2.45) is 29.4 Å². The molecule has 1 aliphatic rings. The van der Waals surface area contributed by atoms with Crippen LogP contribution in [0.3, 0.4) is 0 Å². The summed E-state index contributed by atoms with van der Waals surface area (Å²) in [6.45, 7) is 8.11. The predicted octanol–water partition coefficient (Wildman–Crippen LogP) is 5.15. The highest BCUT2D eigenvalue weighted by Gasteiger charge is 2.35. The molecule has 0 spiro atoms. The van der Waals surface area contributed by atoms with Gasteiger partial charge in [0.05, 0.1) is 6.10 Å². The molecule has 1 saturated carbocycles. The van der Waals surface area contributed by atoms with Crippen molar-refractivity contribution in [2.75, 3.05) is 13.2 Å². The maximum absolute atomic E-state index is 13.0. The first-order chi connectivity index (χ1) is 12.5. The average Bonchev–Trinajstić information content (AvgIpc) is 2.64. The van der Waals surface area contributed by atoms with Crippen molar-refractivity contribution in [3.63, 3.8) is 0 Å². The summed E-state index contributed by atoms with van der Waals surface area (Å²) in [7, 11) is 0. The third kappa shape index (κ3) is 6.21. The summed E-state index contributed by atoms with van der Waals surface area (Å²) in [5.41, 5.74) is 6.76. The van der Waals surface area contributed by atoms with Crippen LogP contribution in [0, 0.1) is 23.7 Å². The van der Waals surface area contributed by atoms with Crippen LogP contribution in [0.5, 0.6) is 0 Å². The van der Waals surface area contributed by atoms with Crippen LogP contribution in [0.4, 0.5) is 0 Å². The number of carbonyl (C=O) groups excluding carboxylic acids is 1. The molecular weight excluding hydrogens is 322 g/mol. The van der Waals surface area contributed by atoms with Crippen LogP contribution in [0.1, 0.15) is 71.0 Å². The second-order valence-corrected chi connectivity index (χ2v) is 8.35. The van der Waals surface area contributed by atoms with Gasteiger partial charge in [-0.15, -0.1) is 0 Å². The van der Waals surface area contributed by atoms with Gasteiger partial charge in [-0.25, -0.2) is 0 Å². The molecular formula is C23H37NO2. The van der Waals surface area contributed by atoms with E-state index in [-0.39, 0.29) is 12.0 Å². The van der Waals surface area contributed by atoms with Gasteiger partial charge in [0.15, 0.2) is 0 Å². The third-order valence-electron chi connectivity index (χ3n) is 5.93.